The van der Waals surface area contributed by atoms with Crippen molar-refractivity contribution in [2.24, 2.45) is 28.6 Å². The minimum atomic E-state index is -0.472. The molecule has 0 spiro atoms. The Kier molecular flexibility index (Phi) is 3.62. The Labute approximate surface area is 162 Å². The molecule has 0 aromatic rings. The Hall–Kier alpha value is -1.16. The molecule has 0 N–H and O–H groups in total. The van der Waals surface area contributed by atoms with E-state index in [2.05, 4.69) is 19.9 Å². The summed E-state index contributed by atoms with van der Waals surface area (Å²) in [6, 6.07) is 0. The first kappa shape index (κ1) is 17.9. The fourth-order valence-corrected chi connectivity index (χ4v) is 8.03. The SMILES string of the molecule is CC(=O)O[C@H]1CC[C@@]2(C)C(=CC[C@H]3[C@H]2CC[C@]2(C)[C@@H]3C[C@@H]3O[C@@]32C(C)=O)C1. The summed E-state index contributed by atoms with van der Waals surface area (Å²) >= 11 is 0. The lowest BCUT2D eigenvalue weighted by molar-refractivity contribution is -0.149. The zero-order valence-electron chi connectivity index (χ0n) is 17.0. The summed E-state index contributed by atoms with van der Waals surface area (Å²) in [4.78, 5) is 23.8. The number of ketones is 1. The number of Topliss-reactive ketones (excluding diaryl/α,β-unsaturated/α-hetero) is 1. The van der Waals surface area contributed by atoms with Crippen LogP contribution < -0.4 is 0 Å². The first-order valence-corrected chi connectivity index (χ1v) is 10.8. The number of hydrogen-bond acceptors (Lipinski definition) is 4. The summed E-state index contributed by atoms with van der Waals surface area (Å²) in [5.41, 5.74) is 1.30. The first-order chi connectivity index (χ1) is 12.7. The van der Waals surface area contributed by atoms with Gasteiger partial charge in [-0.05, 0) is 68.6 Å². The Bertz CT molecular complexity index is 741. The van der Waals surface area contributed by atoms with Crippen LogP contribution in [0.4, 0.5) is 0 Å². The second-order valence-electron chi connectivity index (χ2n) is 10.3. The zero-order valence-corrected chi connectivity index (χ0v) is 17.0. The number of ether oxygens (including phenoxy) is 2. The van der Waals surface area contributed by atoms with E-state index in [4.69, 9.17) is 9.47 Å². The molecule has 27 heavy (non-hydrogen) atoms. The predicted octanol–water partition coefficient (Wildman–Crippen LogP) is 4.22. The van der Waals surface area contributed by atoms with E-state index in [1.54, 1.807) is 6.92 Å². The van der Waals surface area contributed by atoms with Gasteiger partial charge < -0.3 is 9.47 Å². The van der Waals surface area contributed by atoms with Gasteiger partial charge in [0.15, 0.2) is 11.4 Å². The maximum atomic E-state index is 12.5. The quantitative estimate of drug-likeness (QED) is 0.414. The van der Waals surface area contributed by atoms with Crippen molar-refractivity contribution in [1.82, 2.24) is 0 Å². The molecule has 4 nitrogen and oxygen atoms in total. The highest BCUT2D eigenvalue weighted by Gasteiger charge is 2.79. The number of carbonyl (C=O) groups excluding carboxylic acids is 2. The smallest absolute Gasteiger partial charge is 0.302 e. The zero-order chi connectivity index (χ0) is 19.2. The molecule has 4 aliphatic carbocycles. The summed E-state index contributed by atoms with van der Waals surface area (Å²) in [7, 11) is 0. The van der Waals surface area contributed by atoms with E-state index in [9.17, 15) is 9.59 Å². The molecule has 3 saturated carbocycles. The van der Waals surface area contributed by atoms with Crippen molar-refractivity contribution in [3.05, 3.63) is 11.6 Å². The molecule has 8 atom stereocenters. The number of fused-ring (bicyclic) bond motifs is 7. The second-order valence-corrected chi connectivity index (χ2v) is 10.3. The van der Waals surface area contributed by atoms with E-state index in [1.165, 1.54) is 18.9 Å². The summed E-state index contributed by atoms with van der Waals surface area (Å²) in [6.45, 7) is 8.03. The minimum absolute atomic E-state index is 0.0152. The summed E-state index contributed by atoms with van der Waals surface area (Å²) < 4.78 is 11.6. The molecule has 5 aliphatic rings. The highest BCUT2D eigenvalue weighted by molar-refractivity contribution is 5.90. The standard InChI is InChI=1S/C23H32O4/c1-13(24)23-20(27-23)12-19-17-6-5-15-11-16(26-14(2)25)7-9-21(15,3)18(17)8-10-22(19,23)4/h5,16-20H,6-12H2,1-4H3/t16-,17-,18+,19+,20-,21-,22+,23-/m0/s1. The molecule has 1 aliphatic heterocycles. The third kappa shape index (κ3) is 2.14. The summed E-state index contributed by atoms with van der Waals surface area (Å²) in [6.07, 6.45) is 10.1. The molecule has 148 valence electrons. The third-order valence-electron chi connectivity index (χ3n) is 9.34. The van der Waals surface area contributed by atoms with Gasteiger partial charge in [-0.1, -0.05) is 25.5 Å². The fraction of sp³-hybridized carbons (Fsp3) is 0.826. The van der Waals surface area contributed by atoms with Crippen LogP contribution in [0.25, 0.3) is 0 Å². The number of carbonyl (C=O) groups is 2. The van der Waals surface area contributed by atoms with Gasteiger partial charge in [-0.15, -0.1) is 0 Å². The monoisotopic (exact) mass is 372 g/mol. The summed E-state index contributed by atoms with van der Waals surface area (Å²) in [5, 5.41) is 0. The predicted molar refractivity (Wildman–Crippen MR) is 101 cm³/mol. The van der Waals surface area contributed by atoms with E-state index in [1.807, 2.05) is 0 Å². The molecule has 1 saturated heterocycles. The molecular weight excluding hydrogens is 340 g/mol. The Morgan fingerprint density at radius 1 is 1.15 bits per heavy atom. The number of rotatable bonds is 2. The molecule has 0 aromatic carbocycles. The van der Waals surface area contributed by atoms with Gasteiger partial charge in [-0.3, -0.25) is 9.59 Å². The van der Waals surface area contributed by atoms with E-state index in [0.29, 0.717) is 17.8 Å². The van der Waals surface area contributed by atoms with Crippen LogP contribution in [0, 0.1) is 28.6 Å². The second kappa shape index (κ2) is 5.46. The summed E-state index contributed by atoms with van der Waals surface area (Å²) in [5.74, 6) is 2.03. The van der Waals surface area contributed by atoms with Crippen molar-refractivity contribution in [2.45, 2.75) is 90.4 Å². The topological polar surface area (TPSA) is 55.9 Å². The molecule has 0 bridgehead atoms. The molecule has 0 aromatic heterocycles. The van der Waals surface area contributed by atoms with Gasteiger partial charge in [0.05, 0.1) is 6.10 Å². The van der Waals surface area contributed by atoms with Gasteiger partial charge in [0.2, 0.25) is 0 Å². The first-order valence-electron chi connectivity index (χ1n) is 10.8. The van der Waals surface area contributed by atoms with Crippen LogP contribution in [0.15, 0.2) is 11.6 Å². The maximum absolute atomic E-state index is 12.5. The number of esters is 1. The third-order valence-corrected chi connectivity index (χ3v) is 9.34. The average molecular weight is 373 g/mol. The van der Waals surface area contributed by atoms with Gasteiger partial charge in [-0.25, -0.2) is 0 Å². The average Bonchev–Trinajstić information content (AvgIpc) is 3.27. The lowest BCUT2D eigenvalue weighted by Crippen LogP contribution is -2.54. The number of hydrogen-bond donors (Lipinski definition) is 0. The van der Waals surface area contributed by atoms with Crippen LogP contribution in [0.5, 0.6) is 0 Å². The van der Waals surface area contributed by atoms with E-state index in [0.717, 1.165) is 38.5 Å². The highest BCUT2D eigenvalue weighted by atomic mass is 16.6. The van der Waals surface area contributed by atoms with Gasteiger partial charge >= 0.3 is 5.97 Å². The number of epoxide rings is 1. The molecule has 5 rings (SSSR count). The fourth-order valence-electron chi connectivity index (χ4n) is 8.03. The van der Waals surface area contributed by atoms with Crippen molar-refractivity contribution < 1.29 is 19.1 Å². The lowest BCUT2D eigenvalue weighted by Gasteiger charge is -2.58. The molecule has 0 radical (unpaired) electrons. The van der Waals surface area contributed by atoms with Gasteiger partial charge in [0.25, 0.3) is 0 Å². The van der Waals surface area contributed by atoms with E-state index >= 15 is 0 Å². The van der Waals surface area contributed by atoms with Crippen LogP contribution in [-0.4, -0.2) is 29.6 Å². The van der Waals surface area contributed by atoms with Crippen LogP contribution in [0.2, 0.25) is 0 Å². The Morgan fingerprint density at radius 3 is 2.63 bits per heavy atom. The van der Waals surface area contributed by atoms with E-state index in [-0.39, 0.29) is 34.8 Å². The van der Waals surface area contributed by atoms with Crippen molar-refractivity contribution in [1.29, 1.82) is 0 Å². The normalized spacial score (nSPS) is 52.6. The molecule has 0 amide bonds. The highest BCUT2D eigenvalue weighted by Crippen LogP contribution is 2.73. The number of allylic oxidation sites excluding steroid dienone is 1. The Morgan fingerprint density at radius 2 is 1.93 bits per heavy atom. The molecule has 0 unspecified atom stereocenters. The van der Waals surface area contributed by atoms with Crippen LogP contribution in [0.1, 0.15) is 72.6 Å². The lowest BCUT2D eigenvalue weighted by atomic mass is 9.47. The van der Waals surface area contributed by atoms with Gasteiger partial charge in [-0.2, -0.15) is 0 Å². The van der Waals surface area contributed by atoms with Crippen LogP contribution in [0.3, 0.4) is 0 Å². The molecular formula is C23H32O4. The largest absolute Gasteiger partial charge is 0.462 e. The molecule has 1 heterocycles. The van der Waals surface area contributed by atoms with Crippen LogP contribution >= 0.6 is 0 Å². The van der Waals surface area contributed by atoms with Gasteiger partial charge in [0, 0.05) is 18.8 Å². The van der Waals surface area contributed by atoms with Crippen molar-refractivity contribution in [3.63, 3.8) is 0 Å². The van der Waals surface area contributed by atoms with Crippen molar-refractivity contribution in [2.75, 3.05) is 0 Å². The maximum Gasteiger partial charge on any atom is 0.302 e. The Balaban J connectivity index is 1.43. The van der Waals surface area contributed by atoms with Gasteiger partial charge in [0.1, 0.15) is 6.10 Å². The minimum Gasteiger partial charge on any atom is -0.462 e. The molecule has 4 fully saturated rings. The molecule has 4 heteroatoms. The van der Waals surface area contributed by atoms with Crippen LogP contribution in [-0.2, 0) is 19.1 Å². The van der Waals surface area contributed by atoms with Crippen molar-refractivity contribution >= 4 is 11.8 Å². The van der Waals surface area contributed by atoms with E-state index < -0.39 is 5.60 Å². The van der Waals surface area contributed by atoms with Crippen molar-refractivity contribution in [3.8, 4) is 0 Å².